The lowest BCUT2D eigenvalue weighted by Gasteiger charge is -2.29. The van der Waals surface area contributed by atoms with Gasteiger partial charge in [0.05, 0.1) is 10.0 Å². The minimum atomic E-state index is -0.579. The third-order valence-electron chi connectivity index (χ3n) is 4.80. The number of hydrogen-bond donors (Lipinski definition) is 1. The molecule has 0 bridgehead atoms. The van der Waals surface area contributed by atoms with Crippen molar-refractivity contribution in [2.75, 3.05) is 6.54 Å². The van der Waals surface area contributed by atoms with Crippen molar-refractivity contribution in [2.45, 2.75) is 52.1 Å². The highest BCUT2D eigenvalue weighted by atomic mass is 35.5. The van der Waals surface area contributed by atoms with Crippen molar-refractivity contribution in [3.63, 3.8) is 0 Å². The van der Waals surface area contributed by atoms with Gasteiger partial charge in [0, 0.05) is 19.5 Å². The highest BCUT2D eigenvalue weighted by molar-refractivity contribution is 6.42. The van der Waals surface area contributed by atoms with Crippen molar-refractivity contribution in [3.05, 3.63) is 69.7 Å². The molecule has 0 heterocycles. The standard InChI is InChI=1S/C23H28Cl2N2O2/c1-3-4-14-26-23(29)17(2)27(16-19-10-12-20(24)21(25)15-19)22(28)13-11-18-8-6-5-7-9-18/h5-10,12,15,17H,3-4,11,13-14,16H2,1-2H3,(H,26,29). The molecule has 0 saturated heterocycles. The Hall–Kier alpha value is -2.04. The van der Waals surface area contributed by atoms with Gasteiger partial charge in [0.2, 0.25) is 11.8 Å². The second-order valence-electron chi connectivity index (χ2n) is 7.08. The lowest BCUT2D eigenvalue weighted by molar-refractivity contribution is -0.140. The number of rotatable bonds is 10. The normalized spacial score (nSPS) is 11.7. The molecule has 1 atom stereocenters. The van der Waals surface area contributed by atoms with Crippen molar-refractivity contribution in [1.29, 1.82) is 0 Å². The molecule has 0 fully saturated rings. The summed E-state index contributed by atoms with van der Waals surface area (Å²) in [6.45, 7) is 4.74. The number of aryl methyl sites for hydroxylation is 1. The van der Waals surface area contributed by atoms with Gasteiger partial charge >= 0.3 is 0 Å². The van der Waals surface area contributed by atoms with Crippen molar-refractivity contribution in [1.82, 2.24) is 10.2 Å². The molecule has 1 unspecified atom stereocenters. The van der Waals surface area contributed by atoms with Crippen LogP contribution in [0.1, 0.15) is 44.2 Å². The zero-order valence-corrected chi connectivity index (χ0v) is 18.5. The molecule has 2 amide bonds. The van der Waals surface area contributed by atoms with Crippen LogP contribution in [0.5, 0.6) is 0 Å². The fourth-order valence-electron chi connectivity index (χ4n) is 2.99. The smallest absolute Gasteiger partial charge is 0.242 e. The molecule has 0 aliphatic carbocycles. The zero-order chi connectivity index (χ0) is 21.2. The van der Waals surface area contributed by atoms with Crippen LogP contribution in [0.25, 0.3) is 0 Å². The van der Waals surface area contributed by atoms with Crippen molar-refractivity contribution in [3.8, 4) is 0 Å². The molecule has 0 aliphatic heterocycles. The third-order valence-corrected chi connectivity index (χ3v) is 5.54. The van der Waals surface area contributed by atoms with Crippen LogP contribution in [-0.4, -0.2) is 29.3 Å². The van der Waals surface area contributed by atoms with Gasteiger partial charge in [-0.1, -0.05) is 72.9 Å². The van der Waals surface area contributed by atoms with Crippen LogP contribution in [0, 0.1) is 0 Å². The van der Waals surface area contributed by atoms with Gasteiger partial charge in [-0.2, -0.15) is 0 Å². The van der Waals surface area contributed by atoms with Gasteiger partial charge in [0.25, 0.3) is 0 Å². The molecule has 0 aromatic heterocycles. The summed E-state index contributed by atoms with van der Waals surface area (Å²) in [5, 5.41) is 3.81. The first-order valence-electron chi connectivity index (χ1n) is 9.97. The van der Waals surface area contributed by atoms with Crippen LogP contribution in [0.2, 0.25) is 10.0 Å². The molecule has 29 heavy (non-hydrogen) atoms. The molecule has 2 rings (SSSR count). The summed E-state index contributed by atoms with van der Waals surface area (Å²) in [4.78, 5) is 27.2. The van der Waals surface area contributed by atoms with Gasteiger partial charge < -0.3 is 10.2 Å². The lowest BCUT2D eigenvalue weighted by Crippen LogP contribution is -2.47. The van der Waals surface area contributed by atoms with Crippen LogP contribution < -0.4 is 5.32 Å². The second kappa shape index (κ2) is 11.8. The molecule has 0 spiro atoms. The van der Waals surface area contributed by atoms with E-state index in [4.69, 9.17) is 23.2 Å². The summed E-state index contributed by atoms with van der Waals surface area (Å²) in [5.41, 5.74) is 1.93. The second-order valence-corrected chi connectivity index (χ2v) is 7.89. The maximum absolute atomic E-state index is 13.0. The van der Waals surface area contributed by atoms with E-state index < -0.39 is 6.04 Å². The number of nitrogens with one attached hydrogen (secondary N) is 1. The molecule has 6 heteroatoms. The number of unbranched alkanes of at least 4 members (excludes halogenated alkanes) is 1. The minimum Gasteiger partial charge on any atom is -0.354 e. The molecule has 0 saturated carbocycles. The van der Waals surface area contributed by atoms with Crippen molar-refractivity contribution >= 4 is 35.0 Å². The number of benzene rings is 2. The maximum Gasteiger partial charge on any atom is 0.242 e. The molecule has 1 N–H and O–H groups in total. The SMILES string of the molecule is CCCCNC(=O)C(C)N(Cc1ccc(Cl)c(Cl)c1)C(=O)CCc1ccccc1. The van der Waals surface area contributed by atoms with E-state index in [0.717, 1.165) is 24.0 Å². The summed E-state index contributed by atoms with van der Waals surface area (Å²) in [6.07, 6.45) is 2.87. The fraction of sp³-hybridized carbons (Fsp3) is 0.391. The Labute approximate surface area is 183 Å². The number of amides is 2. The Kier molecular flexibility index (Phi) is 9.49. The van der Waals surface area contributed by atoms with E-state index in [0.29, 0.717) is 36.0 Å². The van der Waals surface area contributed by atoms with E-state index in [-0.39, 0.29) is 11.8 Å². The predicted octanol–water partition coefficient (Wildman–Crippen LogP) is 5.26. The van der Waals surface area contributed by atoms with Crippen molar-refractivity contribution < 1.29 is 9.59 Å². The summed E-state index contributed by atoms with van der Waals surface area (Å²) in [5.74, 6) is -0.218. The van der Waals surface area contributed by atoms with Gasteiger partial charge in [-0.3, -0.25) is 9.59 Å². The van der Waals surface area contributed by atoms with E-state index in [9.17, 15) is 9.59 Å². The largest absolute Gasteiger partial charge is 0.354 e. The van der Waals surface area contributed by atoms with Gasteiger partial charge in [-0.15, -0.1) is 0 Å². The first-order valence-corrected chi connectivity index (χ1v) is 10.7. The van der Waals surface area contributed by atoms with Gasteiger partial charge in [0.1, 0.15) is 6.04 Å². The van der Waals surface area contributed by atoms with E-state index in [1.807, 2.05) is 36.4 Å². The quantitative estimate of drug-likeness (QED) is 0.518. The van der Waals surface area contributed by atoms with Gasteiger partial charge in [-0.05, 0) is 43.0 Å². The highest BCUT2D eigenvalue weighted by Gasteiger charge is 2.25. The average Bonchev–Trinajstić information content (AvgIpc) is 2.73. The summed E-state index contributed by atoms with van der Waals surface area (Å²) < 4.78 is 0. The summed E-state index contributed by atoms with van der Waals surface area (Å²) in [7, 11) is 0. The van der Waals surface area contributed by atoms with E-state index in [2.05, 4.69) is 12.2 Å². The first kappa shape index (κ1) is 23.2. The van der Waals surface area contributed by atoms with Crippen LogP contribution in [0.3, 0.4) is 0 Å². The first-order chi connectivity index (χ1) is 13.9. The minimum absolute atomic E-state index is 0.0712. The zero-order valence-electron chi connectivity index (χ0n) is 17.0. The summed E-state index contributed by atoms with van der Waals surface area (Å²) in [6, 6.07) is 14.5. The molecule has 0 radical (unpaired) electrons. The molecule has 0 aliphatic rings. The Morgan fingerprint density at radius 3 is 2.41 bits per heavy atom. The Morgan fingerprint density at radius 1 is 1.03 bits per heavy atom. The third kappa shape index (κ3) is 7.37. The Morgan fingerprint density at radius 2 is 1.76 bits per heavy atom. The number of carbonyl (C=O) groups is 2. The number of carbonyl (C=O) groups excluding carboxylic acids is 2. The van der Waals surface area contributed by atoms with E-state index >= 15 is 0 Å². The molecular weight excluding hydrogens is 407 g/mol. The lowest BCUT2D eigenvalue weighted by atomic mass is 10.1. The van der Waals surface area contributed by atoms with Crippen LogP contribution in [0.4, 0.5) is 0 Å². The van der Waals surface area contributed by atoms with Crippen molar-refractivity contribution in [2.24, 2.45) is 0 Å². The van der Waals surface area contributed by atoms with Crippen LogP contribution >= 0.6 is 23.2 Å². The topological polar surface area (TPSA) is 49.4 Å². The van der Waals surface area contributed by atoms with Crippen LogP contribution in [-0.2, 0) is 22.6 Å². The highest BCUT2D eigenvalue weighted by Crippen LogP contribution is 2.24. The van der Waals surface area contributed by atoms with E-state index in [1.165, 1.54) is 0 Å². The predicted molar refractivity (Wildman–Crippen MR) is 119 cm³/mol. The van der Waals surface area contributed by atoms with E-state index in [1.54, 1.807) is 24.0 Å². The molecule has 4 nitrogen and oxygen atoms in total. The molecular formula is C23H28Cl2N2O2. The molecule has 156 valence electrons. The number of nitrogens with zero attached hydrogens (tertiary/aromatic N) is 1. The van der Waals surface area contributed by atoms with Gasteiger partial charge in [0.15, 0.2) is 0 Å². The van der Waals surface area contributed by atoms with Gasteiger partial charge in [-0.25, -0.2) is 0 Å². The maximum atomic E-state index is 13.0. The average molecular weight is 435 g/mol. The van der Waals surface area contributed by atoms with Crippen LogP contribution in [0.15, 0.2) is 48.5 Å². The number of halogens is 2. The summed E-state index contributed by atoms with van der Waals surface area (Å²) >= 11 is 12.1. The Balaban J connectivity index is 2.13. The molecule has 2 aromatic carbocycles. The fourth-order valence-corrected chi connectivity index (χ4v) is 3.31. The Bertz CT molecular complexity index is 812. The monoisotopic (exact) mass is 434 g/mol. The molecule has 2 aromatic rings. The number of hydrogen-bond acceptors (Lipinski definition) is 2.